The van der Waals surface area contributed by atoms with Gasteiger partial charge in [0.25, 0.3) is 0 Å². The molecule has 1 aliphatic heterocycles. The van der Waals surface area contributed by atoms with Crippen molar-refractivity contribution in [2.45, 2.75) is 31.8 Å². The lowest BCUT2D eigenvalue weighted by atomic mass is 10.1. The fraction of sp³-hybridized carbons (Fsp3) is 0.467. The quantitative estimate of drug-likeness (QED) is 0.834. The summed E-state index contributed by atoms with van der Waals surface area (Å²) in [4.78, 5) is 16.4. The van der Waals surface area contributed by atoms with Crippen molar-refractivity contribution in [1.29, 1.82) is 5.26 Å². The summed E-state index contributed by atoms with van der Waals surface area (Å²) < 4.78 is 0.976. The zero-order chi connectivity index (χ0) is 14.7. The Balaban J connectivity index is 2.38. The van der Waals surface area contributed by atoms with Gasteiger partial charge in [-0.3, -0.25) is 4.79 Å². The molecule has 0 aliphatic carbocycles. The number of amides is 1. The first-order valence-electron chi connectivity index (χ1n) is 6.70. The Morgan fingerprint density at radius 1 is 1.50 bits per heavy atom. The predicted octanol–water partition coefficient (Wildman–Crippen LogP) is 2.79. The molecule has 0 bridgehead atoms. The minimum atomic E-state index is -0.399. The maximum atomic E-state index is 12.5. The highest BCUT2D eigenvalue weighted by Gasteiger charge is 2.33. The summed E-state index contributed by atoms with van der Waals surface area (Å²) in [5.74, 6) is 0.0246. The summed E-state index contributed by atoms with van der Waals surface area (Å²) >= 11 is 3.46. The molecule has 0 saturated carbocycles. The summed E-state index contributed by atoms with van der Waals surface area (Å²) in [5.41, 5.74) is 0.982. The third kappa shape index (κ3) is 2.96. The van der Waals surface area contributed by atoms with Gasteiger partial charge in [-0.05, 0) is 31.5 Å². The second-order valence-corrected chi connectivity index (χ2v) is 6.05. The van der Waals surface area contributed by atoms with Crippen LogP contribution in [0.2, 0.25) is 0 Å². The largest absolute Gasteiger partial charge is 0.359 e. The third-order valence-corrected chi connectivity index (χ3v) is 4.38. The van der Waals surface area contributed by atoms with E-state index in [0.717, 1.165) is 23.1 Å². The van der Waals surface area contributed by atoms with Crippen LogP contribution in [0.5, 0.6) is 0 Å². The second kappa shape index (κ2) is 6.27. The Kier molecular flexibility index (Phi) is 4.66. The van der Waals surface area contributed by atoms with E-state index in [0.29, 0.717) is 0 Å². The minimum absolute atomic E-state index is 0.0246. The highest BCUT2D eigenvalue weighted by molar-refractivity contribution is 9.10. The van der Waals surface area contributed by atoms with Crippen molar-refractivity contribution in [2.75, 3.05) is 18.5 Å². The first kappa shape index (κ1) is 14.9. The predicted molar refractivity (Wildman–Crippen MR) is 82.4 cm³/mol. The topological polar surface area (TPSA) is 47.3 Å². The number of benzene rings is 1. The van der Waals surface area contributed by atoms with E-state index in [9.17, 15) is 4.79 Å². The van der Waals surface area contributed by atoms with Gasteiger partial charge in [0, 0.05) is 29.8 Å². The maximum Gasteiger partial charge on any atom is 0.246 e. The Hall–Kier alpha value is -1.54. The van der Waals surface area contributed by atoms with Crippen LogP contribution in [0, 0.1) is 11.3 Å². The molecule has 1 aromatic carbocycles. The molecule has 4 nitrogen and oxygen atoms in total. The number of likely N-dealkylation sites (N-methyl/N-ethyl adjacent to an activating group) is 1. The smallest absolute Gasteiger partial charge is 0.246 e. The molecule has 0 N–H and O–H groups in total. The number of nitrogens with zero attached hydrogens (tertiary/aromatic N) is 3. The maximum absolute atomic E-state index is 12.5. The monoisotopic (exact) mass is 335 g/mol. The lowest BCUT2D eigenvalue weighted by Gasteiger charge is -2.30. The van der Waals surface area contributed by atoms with Gasteiger partial charge in [0.15, 0.2) is 0 Å². The fourth-order valence-corrected chi connectivity index (χ4v) is 2.90. The van der Waals surface area contributed by atoms with Crippen molar-refractivity contribution in [3.05, 3.63) is 28.7 Å². The normalized spacial score (nSPS) is 23.4. The van der Waals surface area contributed by atoms with Crippen molar-refractivity contribution in [1.82, 2.24) is 4.90 Å². The van der Waals surface area contributed by atoms with Crippen LogP contribution in [0.15, 0.2) is 28.7 Å². The first-order valence-corrected chi connectivity index (χ1v) is 7.49. The SMILES string of the molecule is CC1CCN(c2cccc(Br)c2)C(CC#N)C(=O)N1C. The van der Waals surface area contributed by atoms with Crippen LogP contribution in [0.3, 0.4) is 0 Å². The van der Waals surface area contributed by atoms with Crippen LogP contribution < -0.4 is 4.90 Å². The summed E-state index contributed by atoms with van der Waals surface area (Å²) in [6.45, 7) is 2.83. The standard InChI is InChI=1S/C15H18BrN3O/c1-11-7-9-19(13-5-3-4-12(16)10-13)14(6-8-17)15(20)18(11)2/h3-5,10-11,14H,6-7,9H2,1-2H3. The van der Waals surface area contributed by atoms with Gasteiger partial charge in [-0.2, -0.15) is 5.26 Å². The Morgan fingerprint density at radius 2 is 2.25 bits per heavy atom. The number of carbonyl (C=O) groups excluding carboxylic acids is 1. The molecule has 1 saturated heterocycles. The number of hydrogen-bond acceptors (Lipinski definition) is 3. The van der Waals surface area contributed by atoms with Gasteiger partial charge < -0.3 is 9.80 Å². The van der Waals surface area contributed by atoms with Crippen molar-refractivity contribution in [3.8, 4) is 6.07 Å². The minimum Gasteiger partial charge on any atom is -0.359 e. The average Bonchev–Trinajstić information content (AvgIpc) is 2.53. The van der Waals surface area contributed by atoms with Crippen molar-refractivity contribution < 1.29 is 4.79 Å². The van der Waals surface area contributed by atoms with E-state index in [1.807, 2.05) is 38.2 Å². The summed E-state index contributed by atoms with van der Waals surface area (Å²) in [6.07, 6.45) is 1.11. The van der Waals surface area contributed by atoms with Crippen LogP contribution in [-0.4, -0.2) is 36.5 Å². The van der Waals surface area contributed by atoms with Gasteiger partial charge in [0.2, 0.25) is 5.91 Å². The molecule has 1 aromatic rings. The summed E-state index contributed by atoms with van der Waals surface area (Å²) in [5, 5.41) is 9.04. The zero-order valence-electron chi connectivity index (χ0n) is 11.7. The molecule has 1 aliphatic rings. The van der Waals surface area contributed by atoms with Crippen LogP contribution in [0.1, 0.15) is 19.8 Å². The molecule has 0 aromatic heterocycles. The van der Waals surface area contributed by atoms with Crippen molar-refractivity contribution in [3.63, 3.8) is 0 Å². The van der Waals surface area contributed by atoms with Crippen LogP contribution in [0.25, 0.3) is 0 Å². The van der Waals surface area contributed by atoms with E-state index in [1.54, 1.807) is 4.90 Å². The summed E-state index contributed by atoms with van der Waals surface area (Å²) in [7, 11) is 1.82. The van der Waals surface area contributed by atoms with E-state index >= 15 is 0 Å². The highest BCUT2D eigenvalue weighted by atomic mass is 79.9. The molecule has 1 fully saturated rings. The first-order chi connectivity index (χ1) is 9.54. The zero-order valence-corrected chi connectivity index (χ0v) is 13.3. The number of carbonyl (C=O) groups is 1. The summed E-state index contributed by atoms with van der Waals surface area (Å²) in [6, 6.07) is 9.82. The molecule has 5 heteroatoms. The molecule has 106 valence electrons. The molecule has 1 heterocycles. The van der Waals surface area contributed by atoms with Gasteiger partial charge in [-0.1, -0.05) is 22.0 Å². The highest BCUT2D eigenvalue weighted by Crippen LogP contribution is 2.26. The Bertz CT molecular complexity index is 540. The molecule has 20 heavy (non-hydrogen) atoms. The van der Waals surface area contributed by atoms with E-state index in [2.05, 4.69) is 26.9 Å². The molecular formula is C15H18BrN3O. The van der Waals surface area contributed by atoms with Gasteiger partial charge in [0.1, 0.15) is 6.04 Å². The molecule has 1 amide bonds. The van der Waals surface area contributed by atoms with Crippen LogP contribution in [-0.2, 0) is 4.79 Å². The Morgan fingerprint density at radius 3 is 2.90 bits per heavy atom. The lowest BCUT2D eigenvalue weighted by Crippen LogP contribution is -2.46. The Labute approximate surface area is 128 Å². The lowest BCUT2D eigenvalue weighted by molar-refractivity contribution is -0.132. The van der Waals surface area contributed by atoms with Crippen molar-refractivity contribution in [2.24, 2.45) is 0 Å². The van der Waals surface area contributed by atoms with E-state index in [1.165, 1.54) is 0 Å². The molecular weight excluding hydrogens is 318 g/mol. The van der Waals surface area contributed by atoms with E-state index < -0.39 is 6.04 Å². The molecule has 0 spiro atoms. The molecule has 2 atom stereocenters. The van der Waals surface area contributed by atoms with Crippen molar-refractivity contribution >= 4 is 27.5 Å². The number of hydrogen-bond donors (Lipinski definition) is 0. The third-order valence-electron chi connectivity index (χ3n) is 3.88. The second-order valence-electron chi connectivity index (χ2n) is 5.14. The van der Waals surface area contributed by atoms with Gasteiger partial charge in [0.05, 0.1) is 12.5 Å². The van der Waals surface area contributed by atoms with Gasteiger partial charge in [-0.25, -0.2) is 0 Å². The van der Waals surface area contributed by atoms with Gasteiger partial charge in [-0.15, -0.1) is 0 Å². The fourth-order valence-electron chi connectivity index (χ4n) is 2.51. The number of halogens is 1. The molecule has 0 radical (unpaired) electrons. The number of anilines is 1. The van der Waals surface area contributed by atoms with E-state index in [-0.39, 0.29) is 18.4 Å². The van der Waals surface area contributed by atoms with Gasteiger partial charge >= 0.3 is 0 Å². The molecule has 2 rings (SSSR count). The number of nitriles is 1. The van der Waals surface area contributed by atoms with Crippen LogP contribution in [0.4, 0.5) is 5.69 Å². The average molecular weight is 336 g/mol. The number of rotatable bonds is 2. The van der Waals surface area contributed by atoms with E-state index in [4.69, 9.17) is 5.26 Å². The molecule has 2 unspecified atom stereocenters. The van der Waals surface area contributed by atoms with Crippen LogP contribution >= 0.6 is 15.9 Å².